The van der Waals surface area contributed by atoms with Crippen molar-refractivity contribution in [1.29, 1.82) is 0 Å². The monoisotopic (exact) mass is 359 g/mol. The lowest BCUT2D eigenvalue weighted by Crippen LogP contribution is -2.12. The number of nitrogens with one attached hydrogen (secondary N) is 2. The highest BCUT2D eigenvalue weighted by molar-refractivity contribution is 6.33. The minimum absolute atomic E-state index is 0.155. The van der Waals surface area contributed by atoms with E-state index in [0.29, 0.717) is 16.5 Å². The highest BCUT2D eigenvalue weighted by Crippen LogP contribution is 2.24. The van der Waals surface area contributed by atoms with Gasteiger partial charge in [-0.05, 0) is 36.4 Å². The molecular weight excluding hydrogens is 348 g/mol. The van der Waals surface area contributed by atoms with Gasteiger partial charge in [-0.3, -0.25) is 4.79 Å². The topological polar surface area (TPSA) is 54.0 Å². The van der Waals surface area contributed by atoms with Crippen molar-refractivity contribution in [2.24, 2.45) is 0 Å². The zero-order valence-electron chi connectivity index (χ0n) is 12.8. The molecule has 0 aliphatic carbocycles. The van der Waals surface area contributed by atoms with Gasteiger partial charge in [0.2, 0.25) is 0 Å². The number of hydrogen-bond donors (Lipinski definition) is 2. The lowest BCUT2D eigenvalue weighted by atomic mass is 10.2. The predicted octanol–water partition coefficient (Wildman–Crippen LogP) is 5.01. The molecule has 0 spiro atoms. The molecule has 7 heteroatoms. The highest BCUT2D eigenvalue weighted by Gasteiger charge is 2.09. The number of benzene rings is 2. The van der Waals surface area contributed by atoms with Crippen LogP contribution in [0.5, 0.6) is 0 Å². The molecule has 2 aromatic carbocycles. The Bertz CT molecular complexity index is 916. The second-order valence-electron chi connectivity index (χ2n) is 5.12. The Morgan fingerprint density at radius 2 is 1.80 bits per heavy atom. The van der Waals surface area contributed by atoms with Crippen molar-refractivity contribution in [3.63, 3.8) is 0 Å². The number of para-hydroxylation sites is 1. The number of anilines is 3. The van der Waals surface area contributed by atoms with Crippen molar-refractivity contribution in [3.8, 4) is 0 Å². The number of carbonyl (C=O) groups excluding carboxylic acids is 1. The van der Waals surface area contributed by atoms with E-state index in [4.69, 9.17) is 11.6 Å². The van der Waals surface area contributed by atoms with Gasteiger partial charge in [0.15, 0.2) is 11.6 Å². The summed E-state index contributed by atoms with van der Waals surface area (Å²) in [5.74, 6) is -1.98. The number of halogens is 3. The second kappa shape index (κ2) is 7.27. The standard InChI is InChI=1S/C18H12ClF2N3O/c19-13-3-1-2-4-16(13)24-17-8-5-11(10-22-17)18(25)23-12-6-7-14(20)15(21)9-12/h1-10H,(H,22,24)(H,23,25). The number of hydrogen-bond acceptors (Lipinski definition) is 3. The molecule has 25 heavy (non-hydrogen) atoms. The summed E-state index contributed by atoms with van der Waals surface area (Å²) < 4.78 is 26.1. The van der Waals surface area contributed by atoms with Crippen molar-refractivity contribution in [3.05, 3.63) is 83.0 Å². The molecule has 0 fully saturated rings. The van der Waals surface area contributed by atoms with Crippen LogP contribution in [-0.2, 0) is 0 Å². The molecule has 0 saturated heterocycles. The number of aromatic nitrogens is 1. The minimum atomic E-state index is -1.03. The van der Waals surface area contributed by atoms with Gasteiger partial charge >= 0.3 is 0 Å². The number of nitrogens with zero attached hydrogens (tertiary/aromatic N) is 1. The Kier molecular flexibility index (Phi) is 4.90. The van der Waals surface area contributed by atoms with E-state index in [1.54, 1.807) is 24.3 Å². The molecule has 0 aliphatic rings. The fraction of sp³-hybridized carbons (Fsp3) is 0. The summed E-state index contributed by atoms with van der Waals surface area (Å²) in [6, 6.07) is 13.5. The molecule has 1 aromatic heterocycles. The first-order valence-electron chi connectivity index (χ1n) is 7.27. The zero-order valence-corrected chi connectivity index (χ0v) is 13.5. The van der Waals surface area contributed by atoms with E-state index in [0.717, 1.165) is 12.1 Å². The molecule has 0 unspecified atom stereocenters. The fourth-order valence-electron chi connectivity index (χ4n) is 2.08. The Labute approximate surface area is 147 Å². The molecule has 0 saturated carbocycles. The molecule has 0 aliphatic heterocycles. The van der Waals surface area contributed by atoms with Crippen molar-refractivity contribution >= 4 is 34.7 Å². The van der Waals surface area contributed by atoms with Gasteiger partial charge in [-0.25, -0.2) is 13.8 Å². The van der Waals surface area contributed by atoms with Crippen LogP contribution in [-0.4, -0.2) is 10.9 Å². The van der Waals surface area contributed by atoms with Gasteiger partial charge in [-0.2, -0.15) is 0 Å². The first-order chi connectivity index (χ1) is 12.0. The van der Waals surface area contributed by atoms with Gasteiger partial charge in [-0.15, -0.1) is 0 Å². The average molecular weight is 360 g/mol. The molecule has 0 bridgehead atoms. The van der Waals surface area contributed by atoms with Crippen molar-refractivity contribution < 1.29 is 13.6 Å². The van der Waals surface area contributed by atoms with Crippen molar-refractivity contribution in [2.45, 2.75) is 0 Å². The Balaban J connectivity index is 1.70. The van der Waals surface area contributed by atoms with Crippen LogP contribution in [0, 0.1) is 11.6 Å². The van der Waals surface area contributed by atoms with Crippen LogP contribution >= 0.6 is 11.6 Å². The van der Waals surface area contributed by atoms with Crippen LogP contribution in [0.2, 0.25) is 5.02 Å². The molecule has 0 radical (unpaired) electrons. The van der Waals surface area contributed by atoms with E-state index in [2.05, 4.69) is 15.6 Å². The lowest BCUT2D eigenvalue weighted by molar-refractivity contribution is 0.102. The van der Waals surface area contributed by atoms with E-state index in [1.807, 2.05) is 12.1 Å². The van der Waals surface area contributed by atoms with Crippen molar-refractivity contribution in [1.82, 2.24) is 4.98 Å². The first-order valence-corrected chi connectivity index (χ1v) is 7.65. The van der Waals surface area contributed by atoms with E-state index in [1.165, 1.54) is 12.3 Å². The van der Waals surface area contributed by atoms with Crippen LogP contribution < -0.4 is 10.6 Å². The summed E-state index contributed by atoms with van der Waals surface area (Å²) in [6.07, 6.45) is 1.37. The molecule has 126 valence electrons. The molecule has 4 nitrogen and oxygen atoms in total. The summed E-state index contributed by atoms with van der Waals surface area (Å²) in [5.41, 5.74) is 1.12. The van der Waals surface area contributed by atoms with Gasteiger partial charge in [-0.1, -0.05) is 23.7 Å². The number of carbonyl (C=O) groups is 1. The third kappa shape index (κ3) is 4.10. The second-order valence-corrected chi connectivity index (χ2v) is 5.53. The van der Waals surface area contributed by atoms with E-state index < -0.39 is 17.5 Å². The molecule has 0 atom stereocenters. The predicted molar refractivity (Wildman–Crippen MR) is 93.3 cm³/mol. The molecule has 1 heterocycles. The van der Waals surface area contributed by atoms with E-state index in [-0.39, 0.29) is 11.3 Å². The Morgan fingerprint density at radius 1 is 1.00 bits per heavy atom. The summed E-state index contributed by atoms with van der Waals surface area (Å²) in [7, 11) is 0. The van der Waals surface area contributed by atoms with Gasteiger partial charge in [0.25, 0.3) is 5.91 Å². The van der Waals surface area contributed by atoms with Crippen LogP contribution in [0.25, 0.3) is 0 Å². The maximum absolute atomic E-state index is 13.2. The van der Waals surface area contributed by atoms with E-state index >= 15 is 0 Å². The Morgan fingerprint density at radius 3 is 2.48 bits per heavy atom. The zero-order chi connectivity index (χ0) is 17.8. The van der Waals surface area contributed by atoms with Crippen molar-refractivity contribution in [2.75, 3.05) is 10.6 Å². The SMILES string of the molecule is O=C(Nc1ccc(F)c(F)c1)c1ccc(Nc2ccccc2Cl)nc1. The summed E-state index contributed by atoms with van der Waals surface area (Å²) in [6.45, 7) is 0. The largest absolute Gasteiger partial charge is 0.339 e. The summed E-state index contributed by atoms with van der Waals surface area (Å²) in [5, 5.41) is 6.06. The van der Waals surface area contributed by atoms with Gasteiger partial charge in [0, 0.05) is 18.0 Å². The highest BCUT2D eigenvalue weighted by atomic mass is 35.5. The summed E-state index contributed by atoms with van der Waals surface area (Å²) >= 11 is 6.06. The van der Waals surface area contributed by atoms with Crippen LogP contribution in [0.4, 0.5) is 26.0 Å². The fourth-order valence-corrected chi connectivity index (χ4v) is 2.26. The molecular formula is C18H12ClF2N3O. The van der Waals surface area contributed by atoms with Gasteiger partial charge < -0.3 is 10.6 Å². The molecule has 2 N–H and O–H groups in total. The third-order valence-corrected chi connectivity index (χ3v) is 3.67. The van der Waals surface area contributed by atoms with Gasteiger partial charge in [0.05, 0.1) is 16.3 Å². The van der Waals surface area contributed by atoms with Gasteiger partial charge in [0.1, 0.15) is 5.82 Å². The lowest BCUT2D eigenvalue weighted by Gasteiger charge is -2.09. The number of pyridine rings is 1. The molecule has 1 amide bonds. The summed E-state index contributed by atoms with van der Waals surface area (Å²) in [4.78, 5) is 16.3. The molecule has 3 aromatic rings. The maximum atomic E-state index is 13.2. The maximum Gasteiger partial charge on any atom is 0.257 e. The number of rotatable bonds is 4. The minimum Gasteiger partial charge on any atom is -0.339 e. The Hall–Kier alpha value is -2.99. The normalized spacial score (nSPS) is 10.4. The van der Waals surface area contributed by atoms with E-state index in [9.17, 15) is 13.6 Å². The third-order valence-electron chi connectivity index (χ3n) is 3.34. The van der Waals surface area contributed by atoms with Crippen LogP contribution in [0.15, 0.2) is 60.8 Å². The van der Waals surface area contributed by atoms with Crippen LogP contribution in [0.1, 0.15) is 10.4 Å². The first kappa shape index (κ1) is 16.9. The smallest absolute Gasteiger partial charge is 0.257 e. The number of amides is 1. The van der Waals surface area contributed by atoms with Crippen LogP contribution in [0.3, 0.4) is 0 Å². The molecule has 3 rings (SSSR count). The average Bonchev–Trinajstić information content (AvgIpc) is 2.61. The quantitative estimate of drug-likeness (QED) is 0.688.